The third kappa shape index (κ3) is 5.44. The van der Waals surface area contributed by atoms with Crippen LogP contribution in [-0.4, -0.2) is 31.1 Å². The summed E-state index contributed by atoms with van der Waals surface area (Å²) < 4.78 is 0. The summed E-state index contributed by atoms with van der Waals surface area (Å²) in [7, 11) is 2.19. The van der Waals surface area contributed by atoms with Crippen LogP contribution in [0.5, 0.6) is 0 Å². The van der Waals surface area contributed by atoms with Crippen LogP contribution in [-0.2, 0) is 6.54 Å². The number of nitrogens with zero attached hydrogens (tertiary/aromatic N) is 1. The van der Waals surface area contributed by atoms with Crippen molar-refractivity contribution in [3.8, 4) is 0 Å². The Bertz CT molecular complexity index is 322. The minimum atomic E-state index is 0. The van der Waals surface area contributed by atoms with Gasteiger partial charge in [0.15, 0.2) is 0 Å². The lowest BCUT2D eigenvalue weighted by Crippen LogP contribution is -2.40. The van der Waals surface area contributed by atoms with Crippen LogP contribution in [0.3, 0.4) is 0 Å². The molecule has 0 saturated carbocycles. The second-order valence-corrected chi connectivity index (χ2v) is 4.70. The molecule has 1 aliphatic heterocycles. The fraction of sp³-hybridized carbons (Fsp3) is 0.538. The van der Waals surface area contributed by atoms with Gasteiger partial charge in [-0.2, -0.15) is 0 Å². The molecule has 0 aliphatic carbocycles. The zero-order valence-corrected chi connectivity index (χ0v) is 12.4. The van der Waals surface area contributed by atoms with Crippen LogP contribution in [0.1, 0.15) is 18.4 Å². The molecule has 0 atom stereocenters. The summed E-state index contributed by atoms with van der Waals surface area (Å²) >= 11 is 0. The third-order valence-corrected chi connectivity index (χ3v) is 3.29. The number of hydrogen-bond acceptors (Lipinski definition) is 3. The van der Waals surface area contributed by atoms with E-state index in [1.54, 1.807) is 0 Å². The molecule has 1 heterocycles. The SMILES string of the molecule is CN1CCC(NCc2ccc(N)cc2)CC1.Cl.Cl. The van der Waals surface area contributed by atoms with Crippen molar-refractivity contribution in [2.24, 2.45) is 0 Å². The molecule has 1 aromatic carbocycles. The van der Waals surface area contributed by atoms with Crippen LogP contribution in [0.15, 0.2) is 24.3 Å². The van der Waals surface area contributed by atoms with Crippen molar-refractivity contribution in [2.45, 2.75) is 25.4 Å². The number of likely N-dealkylation sites (tertiary alicyclic amines) is 1. The van der Waals surface area contributed by atoms with Gasteiger partial charge in [0.2, 0.25) is 0 Å². The Kier molecular flexibility index (Phi) is 8.36. The molecule has 0 aromatic heterocycles. The maximum atomic E-state index is 5.65. The van der Waals surface area contributed by atoms with E-state index in [1.807, 2.05) is 12.1 Å². The molecule has 5 heteroatoms. The molecular formula is C13H23Cl2N3. The van der Waals surface area contributed by atoms with Gasteiger partial charge in [0.1, 0.15) is 0 Å². The lowest BCUT2D eigenvalue weighted by atomic mass is 10.1. The average molecular weight is 292 g/mol. The van der Waals surface area contributed by atoms with E-state index in [9.17, 15) is 0 Å². The highest BCUT2D eigenvalue weighted by Crippen LogP contribution is 2.10. The van der Waals surface area contributed by atoms with Gasteiger partial charge in [-0.1, -0.05) is 12.1 Å². The Morgan fingerprint density at radius 1 is 1.17 bits per heavy atom. The maximum Gasteiger partial charge on any atom is 0.0314 e. The van der Waals surface area contributed by atoms with E-state index in [1.165, 1.54) is 31.5 Å². The normalized spacial score (nSPS) is 16.7. The van der Waals surface area contributed by atoms with Crippen molar-refractivity contribution in [3.05, 3.63) is 29.8 Å². The zero-order chi connectivity index (χ0) is 11.4. The number of anilines is 1. The summed E-state index contributed by atoms with van der Waals surface area (Å²) in [5.74, 6) is 0. The predicted octanol–water partition coefficient (Wildman–Crippen LogP) is 2.30. The van der Waals surface area contributed by atoms with E-state index in [2.05, 4.69) is 29.4 Å². The van der Waals surface area contributed by atoms with Crippen molar-refractivity contribution in [1.82, 2.24) is 10.2 Å². The van der Waals surface area contributed by atoms with Crippen LogP contribution in [0.4, 0.5) is 5.69 Å². The first-order valence-corrected chi connectivity index (χ1v) is 6.00. The lowest BCUT2D eigenvalue weighted by Gasteiger charge is -2.29. The lowest BCUT2D eigenvalue weighted by molar-refractivity contribution is 0.234. The summed E-state index contributed by atoms with van der Waals surface area (Å²) in [5.41, 5.74) is 7.80. The predicted molar refractivity (Wildman–Crippen MR) is 82.7 cm³/mol. The van der Waals surface area contributed by atoms with E-state index in [-0.39, 0.29) is 24.8 Å². The summed E-state index contributed by atoms with van der Waals surface area (Å²) in [6.07, 6.45) is 2.51. The molecule has 0 unspecified atom stereocenters. The van der Waals surface area contributed by atoms with E-state index in [0.29, 0.717) is 6.04 Å². The Morgan fingerprint density at radius 2 is 1.72 bits per heavy atom. The molecule has 1 aliphatic rings. The molecule has 18 heavy (non-hydrogen) atoms. The Hall–Kier alpha value is -0.480. The number of nitrogen functional groups attached to an aromatic ring is 1. The second-order valence-electron chi connectivity index (χ2n) is 4.70. The number of rotatable bonds is 3. The molecular weight excluding hydrogens is 269 g/mol. The van der Waals surface area contributed by atoms with Crippen molar-refractivity contribution in [3.63, 3.8) is 0 Å². The van der Waals surface area contributed by atoms with Gasteiger partial charge >= 0.3 is 0 Å². The van der Waals surface area contributed by atoms with Crippen LogP contribution in [0.2, 0.25) is 0 Å². The van der Waals surface area contributed by atoms with E-state index >= 15 is 0 Å². The zero-order valence-electron chi connectivity index (χ0n) is 10.8. The average Bonchev–Trinajstić information content (AvgIpc) is 2.30. The summed E-state index contributed by atoms with van der Waals surface area (Å²) in [4.78, 5) is 2.39. The molecule has 3 nitrogen and oxygen atoms in total. The van der Waals surface area contributed by atoms with Crippen molar-refractivity contribution in [2.75, 3.05) is 25.9 Å². The van der Waals surface area contributed by atoms with Crippen LogP contribution in [0, 0.1) is 0 Å². The Labute approximate surface area is 122 Å². The molecule has 1 aromatic rings. The first-order valence-electron chi connectivity index (χ1n) is 6.00. The molecule has 0 amide bonds. The molecule has 0 spiro atoms. The minimum Gasteiger partial charge on any atom is -0.399 e. The third-order valence-electron chi connectivity index (χ3n) is 3.29. The van der Waals surface area contributed by atoms with Crippen LogP contribution < -0.4 is 11.1 Å². The van der Waals surface area contributed by atoms with Gasteiger partial charge in [-0.15, -0.1) is 24.8 Å². The first kappa shape index (κ1) is 17.5. The van der Waals surface area contributed by atoms with Crippen molar-refractivity contribution < 1.29 is 0 Å². The van der Waals surface area contributed by atoms with Gasteiger partial charge in [0, 0.05) is 18.3 Å². The number of nitrogens with one attached hydrogen (secondary N) is 1. The van der Waals surface area contributed by atoms with E-state index in [0.717, 1.165) is 12.2 Å². The number of benzene rings is 1. The smallest absolute Gasteiger partial charge is 0.0314 e. The monoisotopic (exact) mass is 291 g/mol. The van der Waals surface area contributed by atoms with Gasteiger partial charge in [-0.25, -0.2) is 0 Å². The molecule has 0 bridgehead atoms. The standard InChI is InChI=1S/C13H21N3.2ClH/c1-16-8-6-13(7-9-16)15-10-11-2-4-12(14)5-3-11;;/h2-5,13,15H,6-10,14H2,1H3;2*1H. The van der Waals surface area contributed by atoms with E-state index < -0.39 is 0 Å². The number of hydrogen-bond donors (Lipinski definition) is 2. The Morgan fingerprint density at radius 3 is 2.28 bits per heavy atom. The van der Waals surface area contributed by atoms with Crippen LogP contribution in [0.25, 0.3) is 0 Å². The van der Waals surface area contributed by atoms with Gasteiger partial charge in [0.05, 0.1) is 0 Å². The molecule has 3 N–H and O–H groups in total. The summed E-state index contributed by atoms with van der Waals surface area (Å²) in [6.45, 7) is 3.37. The van der Waals surface area contributed by atoms with Crippen molar-refractivity contribution in [1.29, 1.82) is 0 Å². The highest BCUT2D eigenvalue weighted by molar-refractivity contribution is 5.85. The maximum absolute atomic E-state index is 5.65. The topological polar surface area (TPSA) is 41.3 Å². The quantitative estimate of drug-likeness (QED) is 0.840. The fourth-order valence-corrected chi connectivity index (χ4v) is 2.11. The molecule has 1 saturated heterocycles. The summed E-state index contributed by atoms with van der Waals surface area (Å²) in [6, 6.07) is 8.79. The van der Waals surface area contributed by atoms with E-state index in [4.69, 9.17) is 5.73 Å². The highest BCUT2D eigenvalue weighted by atomic mass is 35.5. The Balaban J connectivity index is 0.00000144. The second kappa shape index (κ2) is 8.59. The number of halogens is 2. The van der Waals surface area contributed by atoms with Gasteiger partial charge in [-0.3, -0.25) is 0 Å². The highest BCUT2D eigenvalue weighted by Gasteiger charge is 2.15. The van der Waals surface area contributed by atoms with Gasteiger partial charge < -0.3 is 16.0 Å². The van der Waals surface area contributed by atoms with Gasteiger partial charge in [-0.05, 0) is 50.7 Å². The molecule has 0 radical (unpaired) electrons. The molecule has 2 rings (SSSR count). The fourth-order valence-electron chi connectivity index (χ4n) is 2.11. The van der Waals surface area contributed by atoms with Crippen molar-refractivity contribution >= 4 is 30.5 Å². The summed E-state index contributed by atoms with van der Waals surface area (Å²) in [5, 5.41) is 3.61. The minimum absolute atomic E-state index is 0. The largest absolute Gasteiger partial charge is 0.399 e. The number of piperidine rings is 1. The van der Waals surface area contributed by atoms with Crippen LogP contribution >= 0.6 is 24.8 Å². The molecule has 104 valence electrons. The van der Waals surface area contributed by atoms with Gasteiger partial charge in [0.25, 0.3) is 0 Å². The first-order chi connectivity index (χ1) is 7.74. The molecule has 1 fully saturated rings. The number of nitrogens with two attached hydrogens (primary N) is 1.